The number of anilines is 1. The van der Waals surface area contributed by atoms with E-state index in [0.717, 1.165) is 21.9 Å². The van der Waals surface area contributed by atoms with Crippen molar-refractivity contribution in [2.75, 3.05) is 4.90 Å². The second-order valence-corrected chi connectivity index (χ2v) is 11.9. The van der Waals surface area contributed by atoms with Gasteiger partial charge in [-0.2, -0.15) is 0 Å². The van der Waals surface area contributed by atoms with E-state index in [9.17, 15) is 14.4 Å². The first kappa shape index (κ1) is 20.0. The normalized spacial score (nSPS) is 33.8. The van der Waals surface area contributed by atoms with Crippen molar-refractivity contribution < 1.29 is 9.59 Å². The second-order valence-electron chi connectivity index (χ2n) is 9.24. The maximum absolute atomic E-state index is 13.6. The first-order valence-electron chi connectivity index (χ1n) is 11.0. The molecule has 2 aliphatic heterocycles. The maximum Gasteiger partial charge on any atom is 0.305 e. The number of rotatable bonds is 2. The van der Waals surface area contributed by atoms with Crippen LogP contribution in [0.3, 0.4) is 0 Å². The monoisotopic (exact) mass is 495 g/mol. The van der Waals surface area contributed by atoms with Crippen molar-refractivity contribution in [3.8, 4) is 0 Å². The average Bonchev–Trinajstić information content (AvgIpc) is 3.54. The Morgan fingerprint density at radius 1 is 1.03 bits per heavy atom. The fraction of sp³-hybridized carbons (Fsp3) is 0.333. The summed E-state index contributed by atoms with van der Waals surface area (Å²) in [6, 6.07) is 10.9. The minimum Gasteiger partial charge on any atom is -0.307 e. The summed E-state index contributed by atoms with van der Waals surface area (Å²) in [5, 5.41) is 1.66. The molecule has 2 aliphatic carbocycles. The lowest BCUT2D eigenvalue weighted by Gasteiger charge is -2.42. The largest absolute Gasteiger partial charge is 0.307 e. The van der Waals surface area contributed by atoms with Gasteiger partial charge in [-0.3, -0.25) is 24.3 Å². The molecule has 166 valence electrons. The van der Waals surface area contributed by atoms with E-state index >= 15 is 0 Å². The van der Waals surface area contributed by atoms with Crippen LogP contribution in [0.1, 0.15) is 22.8 Å². The third kappa shape index (κ3) is 2.68. The highest BCUT2D eigenvalue weighted by Crippen LogP contribution is 2.68. The number of imide groups is 1. The minimum absolute atomic E-state index is 0.00679. The number of hydrogen-bond donors (Lipinski definition) is 1. The number of pyridine rings is 1. The summed E-state index contributed by atoms with van der Waals surface area (Å²) in [5.74, 6) is -0.396. The number of amides is 2. The van der Waals surface area contributed by atoms with Crippen LogP contribution in [-0.4, -0.2) is 27.0 Å². The van der Waals surface area contributed by atoms with Crippen molar-refractivity contribution in [1.82, 2.24) is 9.97 Å². The maximum atomic E-state index is 13.6. The van der Waals surface area contributed by atoms with Crippen LogP contribution in [0, 0.1) is 29.6 Å². The predicted octanol–water partition coefficient (Wildman–Crippen LogP) is 4.16. The molecule has 2 saturated carbocycles. The van der Waals surface area contributed by atoms with E-state index < -0.39 is 0 Å². The van der Waals surface area contributed by atoms with Crippen LogP contribution in [0.15, 0.2) is 58.6 Å². The molecule has 9 heteroatoms. The van der Waals surface area contributed by atoms with Crippen LogP contribution in [0.5, 0.6) is 0 Å². The highest BCUT2D eigenvalue weighted by atomic mass is 35.5. The summed E-state index contributed by atoms with van der Waals surface area (Å²) < 4.78 is 0. The van der Waals surface area contributed by atoms with Crippen LogP contribution in [0.4, 0.5) is 5.69 Å². The number of nitrogens with one attached hydrogen (secondary N) is 1. The standard InChI is InChI=1S/C24H18ClN3O3S2/c25-11-3-5-12(6-4-11)28-22(29)17-13-8-14(18(17)23(28)30)19-16(13)15(10-2-1-7-26-9-10)20-21(32-19)27-24(31)33-20/h1-7,9,13-19H,8H2,(H,27,31)/t13-,14+,15+,16+,17+,18+,19-/m0/s1. The highest BCUT2D eigenvalue weighted by molar-refractivity contribution is 8.00. The number of fused-ring (bicyclic) bond motifs is 9. The number of benzene rings is 1. The number of hydrogen-bond acceptors (Lipinski definition) is 6. The Hall–Kier alpha value is -2.42. The van der Waals surface area contributed by atoms with Gasteiger partial charge in [0.2, 0.25) is 11.8 Å². The van der Waals surface area contributed by atoms with Gasteiger partial charge in [0.1, 0.15) is 0 Å². The molecule has 2 aromatic heterocycles. The molecule has 0 unspecified atom stereocenters. The molecule has 4 heterocycles. The van der Waals surface area contributed by atoms with Crippen molar-refractivity contribution in [2.45, 2.75) is 22.6 Å². The Morgan fingerprint density at radius 3 is 2.52 bits per heavy atom. The fourth-order valence-electron chi connectivity index (χ4n) is 6.79. The predicted molar refractivity (Wildman–Crippen MR) is 127 cm³/mol. The van der Waals surface area contributed by atoms with Crippen molar-refractivity contribution in [2.24, 2.45) is 29.6 Å². The molecule has 7 atom stereocenters. The zero-order chi connectivity index (χ0) is 22.4. The van der Waals surface area contributed by atoms with E-state index in [1.54, 1.807) is 42.2 Å². The Balaban J connectivity index is 1.33. The van der Waals surface area contributed by atoms with Crippen LogP contribution in [0.25, 0.3) is 0 Å². The molecule has 6 nitrogen and oxygen atoms in total. The Kier molecular flexibility index (Phi) is 4.27. The molecule has 0 radical (unpaired) electrons. The van der Waals surface area contributed by atoms with Gasteiger partial charge in [-0.1, -0.05) is 29.0 Å². The number of carbonyl (C=O) groups excluding carboxylic acids is 2. The fourth-order valence-corrected chi connectivity index (χ4v) is 9.81. The Bertz CT molecular complexity index is 1360. The quantitative estimate of drug-likeness (QED) is 0.540. The molecule has 1 N–H and O–H groups in total. The number of thioether (sulfide) groups is 1. The first-order valence-corrected chi connectivity index (χ1v) is 13.0. The van der Waals surface area contributed by atoms with Crippen LogP contribution < -0.4 is 9.77 Å². The van der Waals surface area contributed by atoms with Gasteiger partial charge in [0.15, 0.2) is 0 Å². The van der Waals surface area contributed by atoms with Crippen molar-refractivity contribution in [3.63, 3.8) is 0 Å². The van der Waals surface area contributed by atoms with Gasteiger partial charge in [-0.05, 0) is 60.1 Å². The van der Waals surface area contributed by atoms with Crippen molar-refractivity contribution in [3.05, 3.63) is 73.9 Å². The number of carbonyl (C=O) groups is 2. The topological polar surface area (TPSA) is 83.1 Å². The summed E-state index contributed by atoms with van der Waals surface area (Å²) in [6.07, 6.45) is 4.50. The molecule has 2 bridgehead atoms. The first-order chi connectivity index (χ1) is 16.0. The summed E-state index contributed by atoms with van der Waals surface area (Å²) >= 11 is 8.98. The van der Waals surface area contributed by atoms with E-state index in [-0.39, 0.29) is 57.4 Å². The van der Waals surface area contributed by atoms with E-state index in [4.69, 9.17) is 11.6 Å². The van der Waals surface area contributed by atoms with Crippen molar-refractivity contribution >= 4 is 52.2 Å². The van der Waals surface area contributed by atoms with Gasteiger partial charge in [0, 0.05) is 33.5 Å². The molecule has 33 heavy (non-hydrogen) atoms. The third-order valence-corrected chi connectivity index (χ3v) is 10.7. The van der Waals surface area contributed by atoms with Crippen LogP contribution in [-0.2, 0) is 9.59 Å². The zero-order valence-electron chi connectivity index (χ0n) is 17.2. The van der Waals surface area contributed by atoms with Crippen LogP contribution >= 0.6 is 34.7 Å². The van der Waals surface area contributed by atoms with Gasteiger partial charge >= 0.3 is 4.87 Å². The summed E-state index contributed by atoms with van der Waals surface area (Å²) in [6.45, 7) is 0. The van der Waals surface area contributed by atoms with Gasteiger partial charge in [-0.15, -0.1) is 11.8 Å². The SMILES string of the molecule is O=C1[C@@H]2[C@H]3C[C@@H]([C@@H]4Sc5[nH]c(=O)sc5[C@H](c5cccnc5)[C@@H]34)[C@H]2C(=O)N1c1ccc(Cl)cc1. The molecule has 0 spiro atoms. The molecule has 3 aromatic rings. The molecule has 7 rings (SSSR count). The molecule has 4 aliphatic rings. The lowest BCUT2D eigenvalue weighted by atomic mass is 9.68. The third-order valence-electron chi connectivity index (χ3n) is 7.85. The zero-order valence-corrected chi connectivity index (χ0v) is 19.6. The number of nitrogens with zero attached hydrogens (tertiary/aromatic N) is 2. The molecule has 3 fully saturated rings. The molecular formula is C24H18ClN3O3S2. The molecule has 1 aromatic carbocycles. The molecule has 2 amide bonds. The van der Waals surface area contributed by atoms with Crippen molar-refractivity contribution in [1.29, 1.82) is 0 Å². The smallest absolute Gasteiger partial charge is 0.305 e. The second kappa shape index (κ2) is 7.04. The van der Waals surface area contributed by atoms with E-state index in [0.29, 0.717) is 10.7 Å². The van der Waals surface area contributed by atoms with E-state index in [1.165, 1.54) is 16.2 Å². The Morgan fingerprint density at radius 2 is 1.79 bits per heavy atom. The van der Waals surface area contributed by atoms with E-state index in [1.807, 2.05) is 12.3 Å². The lowest BCUT2D eigenvalue weighted by Crippen LogP contribution is -2.42. The average molecular weight is 496 g/mol. The van der Waals surface area contributed by atoms with Crippen LogP contribution in [0.2, 0.25) is 5.02 Å². The number of thiazole rings is 1. The molecular weight excluding hydrogens is 478 g/mol. The minimum atomic E-state index is -0.309. The number of halogens is 1. The Labute approximate surface area is 202 Å². The number of H-pyrrole nitrogens is 1. The summed E-state index contributed by atoms with van der Waals surface area (Å²) in [4.78, 5) is 49.2. The van der Waals surface area contributed by atoms with E-state index in [2.05, 4.69) is 16.0 Å². The highest BCUT2D eigenvalue weighted by Gasteiger charge is 2.69. The number of aromatic nitrogens is 2. The van der Waals surface area contributed by atoms with Gasteiger partial charge in [0.25, 0.3) is 0 Å². The lowest BCUT2D eigenvalue weighted by molar-refractivity contribution is -0.123. The van der Waals surface area contributed by atoms with Gasteiger partial charge in [0.05, 0.1) is 22.5 Å². The summed E-state index contributed by atoms with van der Waals surface area (Å²) in [7, 11) is 0. The summed E-state index contributed by atoms with van der Waals surface area (Å²) in [5.41, 5.74) is 1.66. The molecule has 1 saturated heterocycles. The number of aromatic amines is 1. The van der Waals surface area contributed by atoms with Gasteiger partial charge < -0.3 is 4.98 Å². The van der Waals surface area contributed by atoms with Gasteiger partial charge in [-0.25, -0.2) is 0 Å².